The summed E-state index contributed by atoms with van der Waals surface area (Å²) in [6.07, 6.45) is 2.47. The second kappa shape index (κ2) is 4.76. The summed E-state index contributed by atoms with van der Waals surface area (Å²) in [5, 5.41) is 4.18. The summed E-state index contributed by atoms with van der Waals surface area (Å²) in [6, 6.07) is 3.84. The number of hydrogen-bond donors (Lipinski definition) is 1. The minimum atomic E-state index is -0.656. The molecule has 0 radical (unpaired) electrons. The third-order valence-electron chi connectivity index (χ3n) is 3.00. The molecule has 2 N–H and O–H groups in total. The van der Waals surface area contributed by atoms with Gasteiger partial charge in [-0.05, 0) is 25.5 Å². The molecule has 2 aromatic rings. The normalized spacial score (nSPS) is 12.7. The van der Waals surface area contributed by atoms with Crippen LogP contribution >= 0.6 is 0 Å². The van der Waals surface area contributed by atoms with E-state index in [0.717, 1.165) is 6.42 Å². The van der Waals surface area contributed by atoms with Crippen molar-refractivity contribution in [2.24, 2.45) is 0 Å². The molecule has 1 unspecified atom stereocenters. The van der Waals surface area contributed by atoms with Gasteiger partial charge in [0.05, 0.1) is 11.3 Å². The van der Waals surface area contributed by atoms with Crippen molar-refractivity contribution in [1.82, 2.24) is 9.78 Å². The summed E-state index contributed by atoms with van der Waals surface area (Å²) in [7, 11) is 0. The molecule has 1 heterocycles. The first-order valence-electron chi connectivity index (χ1n) is 5.83. The van der Waals surface area contributed by atoms with Crippen LogP contribution in [0.3, 0.4) is 0 Å². The van der Waals surface area contributed by atoms with Gasteiger partial charge in [0.1, 0.15) is 17.3 Å². The Hall–Kier alpha value is -1.91. The fraction of sp³-hybridized carbons (Fsp3) is 0.308. The molecule has 1 aromatic carbocycles. The number of aromatic nitrogens is 2. The molecule has 18 heavy (non-hydrogen) atoms. The number of benzene rings is 1. The molecule has 0 saturated carbocycles. The predicted molar refractivity (Wildman–Crippen MR) is 67.0 cm³/mol. The minimum absolute atomic E-state index is 0.135. The molecule has 0 aliphatic carbocycles. The fourth-order valence-corrected chi connectivity index (χ4v) is 1.74. The fourth-order valence-electron chi connectivity index (χ4n) is 1.74. The molecular weight excluding hydrogens is 236 g/mol. The molecule has 1 atom stereocenters. The van der Waals surface area contributed by atoms with E-state index < -0.39 is 11.6 Å². The van der Waals surface area contributed by atoms with Crippen LogP contribution in [0, 0.1) is 11.6 Å². The number of anilines is 1. The van der Waals surface area contributed by atoms with Crippen LogP contribution in [0.1, 0.15) is 26.3 Å². The second-order valence-electron chi connectivity index (χ2n) is 4.27. The zero-order valence-corrected chi connectivity index (χ0v) is 10.3. The van der Waals surface area contributed by atoms with Crippen LogP contribution in [0.4, 0.5) is 14.5 Å². The van der Waals surface area contributed by atoms with Crippen molar-refractivity contribution in [2.45, 2.75) is 26.3 Å². The van der Waals surface area contributed by atoms with Crippen molar-refractivity contribution in [2.75, 3.05) is 5.73 Å². The van der Waals surface area contributed by atoms with Crippen LogP contribution < -0.4 is 5.73 Å². The van der Waals surface area contributed by atoms with Crippen molar-refractivity contribution in [3.8, 4) is 11.3 Å². The average Bonchev–Trinajstić information content (AvgIpc) is 2.70. The molecule has 96 valence electrons. The molecule has 5 heteroatoms. The highest BCUT2D eigenvalue weighted by atomic mass is 19.1. The molecule has 0 bridgehead atoms. The topological polar surface area (TPSA) is 43.8 Å². The Morgan fingerprint density at radius 3 is 2.50 bits per heavy atom. The Morgan fingerprint density at radius 2 is 1.94 bits per heavy atom. The van der Waals surface area contributed by atoms with E-state index in [4.69, 9.17) is 5.73 Å². The standard InChI is InChI=1S/C13H15F2N3/c1-3-8(2)18-7-11(16)13(17-18)12-9(14)5-4-6-10(12)15/h4-8H,3,16H2,1-2H3. The first-order chi connectivity index (χ1) is 8.54. The van der Waals surface area contributed by atoms with Crippen molar-refractivity contribution < 1.29 is 8.78 Å². The predicted octanol–water partition coefficient (Wildman–Crippen LogP) is 3.38. The second-order valence-corrected chi connectivity index (χ2v) is 4.27. The summed E-state index contributed by atoms with van der Waals surface area (Å²) in [5.41, 5.74) is 6.05. The lowest BCUT2D eigenvalue weighted by molar-refractivity contribution is 0.478. The van der Waals surface area contributed by atoms with E-state index in [0.29, 0.717) is 0 Å². The third-order valence-corrected chi connectivity index (χ3v) is 3.00. The summed E-state index contributed by atoms with van der Waals surface area (Å²) in [6.45, 7) is 3.97. The van der Waals surface area contributed by atoms with Gasteiger partial charge in [-0.1, -0.05) is 13.0 Å². The first kappa shape index (κ1) is 12.5. The molecule has 0 saturated heterocycles. The van der Waals surface area contributed by atoms with Gasteiger partial charge >= 0.3 is 0 Å². The summed E-state index contributed by atoms with van der Waals surface area (Å²) >= 11 is 0. The maximum absolute atomic E-state index is 13.7. The van der Waals surface area contributed by atoms with Gasteiger partial charge in [-0.2, -0.15) is 5.10 Å². The number of nitrogen functional groups attached to an aromatic ring is 1. The molecule has 3 nitrogen and oxygen atoms in total. The average molecular weight is 251 g/mol. The van der Waals surface area contributed by atoms with Gasteiger partial charge in [0.15, 0.2) is 0 Å². The molecular formula is C13H15F2N3. The Bertz CT molecular complexity index is 543. The minimum Gasteiger partial charge on any atom is -0.396 e. The lowest BCUT2D eigenvalue weighted by atomic mass is 10.1. The van der Waals surface area contributed by atoms with E-state index in [1.54, 1.807) is 10.9 Å². The lowest BCUT2D eigenvalue weighted by Gasteiger charge is -2.08. The Kier molecular flexibility index (Phi) is 3.32. The van der Waals surface area contributed by atoms with Crippen LogP contribution in [0.25, 0.3) is 11.3 Å². The number of halogens is 2. The smallest absolute Gasteiger partial charge is 0.135 e. The molecule has 2 rings (SSSR count). The van der Waals surface area contributed by atoms with Gasteiger partial charge in [-0.15, -0.1) is 0 Å². The summed E-state index contributed by atoms with van der Waals surface area (Å²) in [4.78, 5) is 0. The van der Waals surface area contributed by atoms with Crippen molar-refractivity contribution in [1.29, 1.82) is 0 Å². The van der Waals surface area contributed by atoms with Gasteiger partial charge in [0, 0.05) is 12.2 Å². The van der Waals surface area contributed by atoms with E-state index in [1.165, 1.54) is 18.2 Å². The van der Waals surface area contributed by atoms with E-state index >= 15 is 0 Å². The van der Waals surface area contributed by atoms with Crippen LogP contribution in [0.5, 0.6) is 0 Å². The van der Waals surface area contributed by atoms with Gasteiger partial charge in [0.25, 0.3) is 0 Å². The largest absolute Gasteiger partial charge is 0.396 e. The van der Waals surface area contributed by atoms with Gasteiger partial charge in [-0.3, -0.25) is 4.68 Å². The zero-order chi connectivity index (χ0) is 13.3. The molecule has 0 fully saturated rings. The monoisotopic (exact) mass is 251 g/mol. The number of rotatable bonds is 3. The van der Waals surface area contributed by atoms with E-state index in [-0.39, 0.29) is 23.0 Å². The summed E-state index contributed by atoms with van der Waals surface area (Å²) < 4.78 is 29.0. The molecule has 0 spiro atoms. The lowest BCUT2D eigenvalue weighted by Crippen LogP contribution is -2.04. The Balaban J connectivity index is 2.55. The highest BCUT2D eigenvalue weighted by Gasteiger charge is 2.18. The molecule has 0 aliphatic heterocycles. The first-order valence-corrected chi connectivity index (χ1v) is 5.83. The van der Waals surface area contributed by atoms with Crippen molar-refractivity contribution in [3.63, 3.8) is 0 Å². The van der Waals surface area contributed by atoms with Crippen LogP contribution in [-0.2, 0) is 0 Å². The molecule has 0 amide bonds. The summed E-state index contributed by atoms with van der Waals surface area (Å²) in [5.74, 6) is -1.31. The van der Waals surface area contributed by atoms with Crippen molar-refractivity contribution >= 4 is 5.69 Å². The zero-order valence-electron chi connectivity index (χ0n) is 10.3. The quantitative estimate of drug-likeness (QED) is 0.908. The highest BCUT2D eigenvalue weighted by molar-refractivity contribution is 5.72. The highest BCUT2D eigenvalue weighted by Crippen LogP contribution is 2.30. The van der Waals surface area contributed by atoms with Crippen LogP contribution in [0.2, 0.25) is 0 Å². The molecule has 0 aliphatic rings. The van der Waals surface area contributed by atoms with E-state index in [2.05, 4.69) is 5.10 Å². The van der Waals surface area contributed by atoms with Crippen molar-refractivity contribution in [3.05, 3.63) is 36.0 Å². The maximum atomic E-state index is 13.7. The van der Waals surface area contributed by atoms with Crippen LogP contribution in [0.15, 0.2) is 24.4 Å². The Labute approximate surface area is 104 Å². The Morgan fingerprint density at radius 1 is 1.33 bits per heavy atom. The third kappa shape index (κ3) is 2.08. The van der Waals surface area contributed by atoms with Crippen LogP contribution in [-0.4, -0.2) is 9.78 Å². The van der Waals surface area contributed by atoms with E-state index in [1.807, 2.05) is 13.8 Å². The SMILES string of the molecule is CCC(C)n1cc(N)c(-c2c(F)cccc2F)n1. The van der Waals surface area contributed by atoms with Gasteiger partial charge in [0.2, 0.25) is 0 Å². The maximum Gasteiger partial charge on any atom is 0.135 e. The van der Waals surface area contributed by atoms with E-state index in [9.17, 15) is 8.78 Å². The van der Waals surface area contributed by atoms with Gasteiger partial charge in [-0.25, -0.2) is 8.78 Å². The number of hydrogen-bond acceptors (Lipinski definition) is 2. The molecule has 1 aromatic heterocycles. The number of nitrogens with two attached hydrogens (primary N) is 1. The number of nitrogens with zero attached hydrogens (tertiary/aromatic N) is 2. The van der Waals surface area contributed by atoms with Gasteiger partial charge < -0.3 is 5.73 Å².